The first kappa shape index (κ1) is 20.7. The fourth-order valence-electron chi connectivity index (χ4n) is 2.17. The highest BCUT2D eigenvalue weighted by Crippen LogP contribution is 2.22. The molecule has 0 spiro atoms. The summed E-state index contributed by atoms with van der Waals surface area (Å²) in [6, 6.07) is 5.58. The number of hydrogen-bond acceptors (Lipinski definition) is 4. The summed E-state index contributed by atoms with van der Waals surface area (Å²) in [7, 11) is -1.22. The average Bonchev–Trinajstić information content (AvgIpc) is 2.47. The maximum Gasteiger partial charge on any atom is 0.451 e. The zero-order valence-corrected chi connectivity index (χ0v) is 15.3. The summed E-state index contributed by atoms with van der Waals surface area (Å²) in [5.41, 5.74) is 7.04. The molecule has 0 aliphatic carbocycles. The van der Waals surface area contributed by atoms with Crippen molar-refractivity contribution >= 4 is 47.5 Å². The molecule has 0 bridgehead atoms. The molecule has 128 valence electrons. The van der Waals surface area contributed by atoms with E-state index in [4.69, 9.17) is 51.2 Å². The topological polar surface area (TPSA) is 78.5 Å². The van der Waals surface area contributed by atoms with Gasteiger partial charge in [0, 0.05) is 19.0 Å². The molecule has 1 aromatic carbocycles. The molecule has 1 aromatic rings. The summed E-state index contributed by atoms with van der Waals surface area (Å²) in [4.78, 5) is 0.749. The first-order chi connectivity index (χ1) is 10.9. The lowest BCUT2D eigenvalue weighted by Gasteiger charge is -2.13. The van der Waals surface area contributed by atoms with Crippen LogP contribution in [0.1, 0.15) is 31.2 Å². The summed E-state index contributed by atoms with van der Waals surface area (Å²) >= 11 is 17.2. The molecule has 0 saturated heterocycles. The van der Waals surface area contributed by atoms with Gasteiger partial charge in [0.1, 0.15) is 0 Å². The van der Waals surface area contributed by atoms with Crippen LogP contribution >= 0.6 is 35.4 Å². The summed E-state index contributed by atoms with van der Waals surface area (Å²) in [6.07, 6.45) is 4.38. The van der Waals surface area contributed by atoms with Gasteiger partial charge in [-0.3, -0.25) is 0 Å². The van der Waals surface area contributed by atoms with Gasteiger partial charge in [0.15, 0.2) is 0 Å². The molecule has 4 nitrogen and oxygen atoms in total. The Hall–Kier alpha value is -0.365. The second kappa shape index (κ2) is 11.2. The van der Waals surface area contributed by atoms with E-state index in [0.29, 0.717) is 22.8 Å². The van der Waals surface area contributed by atoms with Crippen LogP contribution in [0, 0.1) is 0 Å². The molecule has 0 saturated carbocycles. The van der Waals surface area contributed by atoms with E-state index < -0.39 is 7.12 Å². The fourth-order valence-corrected chi connectivity index (χ4v) is 2.76. The highest BCUT2D eigenvalue weighted by atomic mass is 35.5. The van der Waals surface area contributed by atoms with Crippen LogP contribution in [0.3, 0.4) is 0 Å². The fraction of sp³-hybridized carbons (Fsp3) is 0.533. The lowest BCUT2D eigenvalue weighted by Crippen LogP contribution is -2.30. The Bertz CT molecular complexity index is 506. The monoisotopic (exact) mass is 376 g/mol. The molecule has 0 aromatic heterocycles. The maximum atomic E-state index is 8.76. The Morgan fingerprint density at radius 2 is 1.96 bits per heavy atom. The molecule has 1 atom stereocenters. The predicted molar refractivity (Wildman–Crippen MR) is 102 cm³/mol. The van der Waals surface area contributed by atoms with Crippen molar-refractivity contribution in [2.45, 2.75) is 44.5 Å². The van der Waals surface area contributed by atoms with E-state index in [2.05, 4.69) is 5.32 Å². The molecule has 0 fully saturated rings. The molecule has 8 heteroatoms. The van der Waals surface area contributed by atoms with Gasteiger partial charge in [-0.2, -0.15) is 0 Å². The zero-order valence-electron chi connectivity index (χ0n) is 13.0. The maximum absolute atomic E-state index is 8.76. The van der Waals surface area contributed by atoms with Crippen molar-refractivity contribution in [3.05, 3.63) is 33.8 Å². The molecule has 0 radical (unpaired) electrons. The van der Waals surface area contributed by atoms with Crippen molar-refractivity contribution in [2.24, 2.45) is 5.73 Å². The van der Waals surface area contributed by atoms with Crippen LogP contribution < -0.4 is 11.1 Å². The van der Waals surface area contributed by atoms with Gasteiger partial charge in [-0.05, 0) is 36.9 Å². The van der Waals surface area contributed by atoms with Crippen LogP contribution in [-0.2, 0) is 6.42 Å². The standard InChI is InChI=1S/C15H23BCl2N2O2S/c17-13-5-4-11(9-14(13)18)10-15(23)20-8-6-12(19)3-1-2-7-16(21)22/h4-5,9,12,21-22H,1-3,6-8,10,19H2,(H,20,23). The largest absolute Gasteiger partial charge is 0.451 e. The minimum Gasteiger partial charge on any atom is -0.427 e. The molecule has 23 heavy (non-hydrogen) atoms. The average molecular weight is 377 g/mol. The van der Waals surface area contributed by atoms with E-state index in [1.54, 1.807) is 6.07 Å². The molecule has 0 aliphatic rings. The third-order valence-corrected chi connectivity index (χ3v) is 4.50. The van der Waals surface area contributed by atoms with E-state index in [1.165, 1.54) is 0 Å². The van der Waals surface area contributed by atoms with Gasteiger partial charge in [-0.1, -0.05) is 54.3 Å². The van der Waals surface area contributed by atoms with E-state index in [9.17, 15) is 0 Å². The Labute approximate surface area is 153 Å². The first-order valence-corrected chi connectivity index (χ1v) is 8.87. The van der Waals surface area contributed by atoms with Gasteiger partial charge in [0.05, 0.1) is 15.0 Å². The lowest BCUT2D eigenvalue weighted by molar-refractivity contribution is 0.400. The number of rotatable bonds is 10. The Kier molecular flexibility index (Phi) is 10.1. The van der Waals surface area contributed by atoms with E-state index in [-0.39, 0.29) is 6.04 Å². The molecule has 1 rings (SSSR count). The van der Waals surface area contributed by atoms with Crippen molar-refractivity contribution in [2.75, 3.05) is 6.54 Å². The Balaban J connectivity index is 2.17. The minimum atomic E-state index is -1.22. The van der Waals surface area contributed by atoms with Crippen molar-refractivity contribution in [3.8, 4) is 0 Å². The van der Waals surface area contributed by atoms with Crippen LogP contribution in [0.2, 0.25) is 16.4 Å². The minimum absolute atomic E-state index is 0.0890. The van der Waals surface area contributed by atoms with Gasteiger partial charge < -0.3 is 21.1 Å². The smallest absolute Gasteiger partial charge is 0.427 e. The van der Waals surface area contributed by atoms with Crippen LogP contribution in [0.15, 0.2) is 18.2 Å². The summed E-state index contributed by atoms with van der Waals surface area (Å²) in [6.45, 7) is 0.726. The van der Waals surface area contributed by atoms with Crippen molar-refractivity contribution in [1.29, 1.82) is 0 Å². The summed E-state index contributed by atoms with van der Waals surface area (Å²) in [5, 5.41) is 21.8. The van der Waals surface area contributed by atoms with E-state index in [1.807, 2.05) is 12.1 Å². The normalized spacial score (nSPS) is 12.0. The van der Waals surface area contributed by atoms with Gasteiger partial charge >= 0.3 is 7.12 Å². The quantitative estimate of drug-likeness (QED) is 0.287. The second-order valence-electron chi connectivity index (χ2n) is 5.59. The SMILES string of the molecule is NC(CCCCB(O)O)CCNC(=S)Cc1ccc(Cl)c(Cl)c1. The van der Waals surface area contributed by atoms with Gasteiger partial charge in [-0.25, -0.2) is 0 Å². The van der Waals surface area contributed by atoms with Gasteiger partial charge in [-0.15, -0.1) is 0 Å². The van der Waals surface area contributed by atoms with Crippen LogP contribution in [0.4, 0.5) is 0 Å². The number of hydrogen-bond donors (Lipinski definition) is 4. The predicted octanol–water partition coefficient (Wildman–Crippen LogP) is 2.81. The van der Waals surface area contributed by atoms with E-state index in [0.717, 1.165) is 42.8 Å². The number of unbranched alkanes of at least 4 members (excludes halogenated alkanes) is 1. The highest BCUT2D eigenvalue weighted by molar-refractivity contribution is 7.80. The van der Waals surface area contributed by atoms with Crippen LogP contribution in [-0.4, -0.2) is 34.7 Å². The molecule has 0 amide bonds. The Morgan fingerprint density at radius 1 is 1.22 bits per heavy atom. The lowest BCUT2D eigenvalue weighted by atomic mass is 9.83. The van der Waals surface area contributed by atoms with Gasteiger partial charge in [0.2, 0.25) is 0 Å². The molecule has 0 aliphatic heterocycles. The second-order valence-corrected chi connectivity index (χ2v) is 6.90. The third kappa shape index (κ3) is 9.50. The Morgan fingerprint density at radius 3 is 2.61 bits per heavy atom. The van der Waals surface area contributed by atoms with Crippen LogP contribution in [0.5, 0.6) is 0 Å². The van der Waals surface area contributed by atoms with Crippen LogP contribution in [0.25, 0.3) is 0 Å². The third-order valence-electron chi connectivity index (χ3n) is 3.47. The number of thiocarbonyl (C=S) groups is 1. The molecule has 0 heterocycles. The van der Waals surface area contributed by atoms with Crippen molar-refractivity contribution in [1.82, 2.24) is 5.32 Å². The number of nitrogens with one attached hydrogen (secondary N) is 1. The van der Waals surface area contributed by atoms with E-state index >= 15 is 0 Å². The van der Waals surface area contributed by atoms with Crippen molar-refractivity contribution in [3.63, 3.8) is 0 Å². The highest BCUT2D eigenvalue weighted by Gasteiger charge is 2.08. The number of benzene rings is 1. The van der Waals surface area contributed by atoms with Crippen molar-refractivity contribution < 1.29 is 10.0 Å². The molecule has 1 unspecified atom stereocenters. The first-order valence-electron chi connectivity index (χ1n) is 7.71. The molecular weight excluding hydrogens is 354 g/mol. The zero-order chi connectivity index (χ0) is 17.2. The number of halogens is 2. The molecule has 5 N–H and O–H groups in total. The molecular formula is C15H23BCl2N2O2S. The van der Waals surface area contributed by atoms with Gasteiger partial charge in [0.25, 0.3) is 0 Å². The summed E-state index contributed by atoms with van der Waals surface area (Å²) in [5.74, 6) is 0. The summed E-state index contributed by atoms with van der Waals surface area (Å²) < 4.78 is 0. The number of nitrogens with two attached hydrogens (primary N) is 1.